The number of anilines is 1. The van der Waals surface area contributed by atoms with E-state index in [4.69, 9.17) is 10.6 Å². The lowest BCUT2D eigenvalue weighted by molar-refractivity contribution is -0.673. The summed E-state index contributed by atoms with van der Waals surface area (Å²) in [5.74, 6) is -3.24. The van der Waals surface area contributed by atoms with Crippen LogP contribution in [-0.4, -0.2) is 78.1 Å². The minimum absolute atomic E-state index is 0.0378. The Kier molecular flexibility index (Phi) is 8.17. The number of rotatable bonds is 10. The highest BCUT2D eigenvalue weighted by atomic mass is 32.2. The summed E-state index contributed by atoms with van der Waals surface area (Å²) in [4.78, 5) is 61.1. The Morgan fingerprint density at radius 2 is 2.13 bits per heavy atom. The first-order chi connectivity index (χ1) is 18.4. The topological polar surface area (TPSA) is 188 Å². The van der Waals surface area contributed by atoms with Crippen LogP contribution in [0.15, 0.2) is 51.2 Å². The number of β-lactam (4-membered cyclic amide) rings is 1. The van der Waals surface area contributed by atoms with Gasteiger partial charge in [0.15, 0.2) is 23.2 Å². The molecule has 0 spiro atoms. The number of aromatic nitrogens is 2. The van der Waals surface area contributed by atoms with Gasteiger partial charge in [0.25, 0.3) is 11.8 Å². The maximum absolute atomic E-state index is 13.2. The summed E-state index contributed by atoms with van der Waals surface area (Å²) >= 11 is 3.83. The highest BCUT2D eigenvalue weighted by Crippen LogP contribution is 2.41. The third kappa shape index (κ3) is 6.02. The van der Waals surface area contributed by atoms with Gasteiger partial charge in [-0.05, 0) is 25.5 Å². The second-order valence-electron chi connectivity index (χ2n) is 9.03. The third-order valence-corrected chi connectivity index (χ3v) is 8.80. The number of amides is 2. The molecule has 1 fully saturated rings. The molecule has 4 rings (SSSR count). The van der Waals surface area contributed by atoms with Crippen LogP contribution in [0.5, 0.6) is 0 Å². The second-order valence-corrected chi connectivity index (χ2v) is 12.1. The standard InChI is InChI=1S/C23H24N6O7S3/c1-23(2,21(34)35)36-27-14(13-10-39-22(24)25-13)17(30)26-15-18(31)29-16(20(32)33)11(9-38-19(15)29)8-37-12-5-4-6-28(3)7-12/h4-7,10,15,19H,8-9H2,1-3H3,(H4-,24,25,26,30,32,33,34,35)/p+1/t15-,19-/m1/s1. The molecule has 0 unspecified atom stereocenters. The lowest BCUT2D eigenvalue weighted by atomic mass is 10.0. The van der Waals surface area contributed by atoms with Gasteiger partial charge in [0.1, 0.15) is 29.9 Å². The minimum atomic E-state index is -1.75. The van der Waals surface area contributed by atoms with E-state index in [2.05, 4.69) is 15.5 Å². The van der Waals surface area contributed by atoms with Crippen molar-refractivity contribution >= 4 is 69.5 Å². The van der Waals surface area contributed by atoms with E-state index in [-0.39, 0.29) is 22.2 Å². The lowest BCUT2D eigenvalue weighted by Gasteiger charge is -2.49. The smallest absolute Gasteiger partial charge is 0.352 e. The van der Waals surface area contributed by atoms with Crippen molar-refractivity contribution < 1.29 is 38.8 Å². The van der Waals surface area contributed by atoms with Crippen LogP contribution in [-0.2, 0) is 31.1 Å². The number of thioether (sulfide) groups is 2. The summed E-state index contributed by atoms with van der Waals surface area (Å²) in [5, 5.41) is 26.5. The van der Waals surface area contributed by atoms with Crippen LogP contribution in [0, 0.1) is 0 Å². The van der Waals surface area contributed by atoms with Gasteiger partial charge in [-0.2, -0.15) is 0 Å². The number of pyridine rings is 1. The molecule has 1 saturated heterocycles. The number of aliphatic carboxylic acids is 2. The van der Waals surface area contributed by atoms with Crippen LogP contribution in [0.25, 0.3) is 0 Å². The molecule has 2 atom stereocenters. The van der Waals surface area contributed by atoms with Crippen LogP contribution in [0.4, 0.5) is 5.13 Å². The number of carboxylic acid groups (broad SMARTS) is 2. The molecule has 0 saturated carbocycles. The van der Waals surface area contributed by atoms with E-state index >= 15 is 0 Å². The zero-order valence-electron chi connectivity index (χ0n) is 21.0. The number of aryl methyl sites for hydroxylation is 1. The first kappa shape index (κ1) is 28.4. The van der Waals surface area contributed by atoms with Crippen molar-refractivity contribution in [2.75, 3.05) is 17.2 Å². The van der Waals surface area contributed by atoms with Crippen molar-refractivity contribution in [2.45, 2.75) is 35.8 Å². The number of nitrogens with two attached hydrogens (primary N) is 1. The van der Waals surface area contributed by atoms with Crippen LogP contribution < -0.4 is 15.6 Å². The van der Waals surface area contributed by atoms with Crippen LogP contribution in [0.2, 0.25) is 0 Å². The van der Waals surface area contributed by atoms with Crippen molar-refractivity contribution in [3.8, 4) is 0 Å². The van der Waals surface area contributed by atoms with Crippen molar-refractivity contribution in [1.29, 1.82) is 0 Å². The van der Waals surface area contributed by atoms with E-state index in [9.17, 15) is 29.4 Å². The number of oxime groups is 1. The molecule has 4 heterocycles. The number of nitrogen functional groups attached to an aromatic ring is 1. The summed E-state index contributed by atoms with van der Waals surface area (Å²) in [7, 11) is 1.89. The van der Waals surface area contributed by atoms with Crippen LogP contribution in [0.3, 0.4) is 0 Å². The molecule has 13 nitrogen and oxygen atoms in total. The Balaban J connectivity index is 1.52. The number of carbonyl (C=O) groups is 4. The SMILES string of the molecule is C[n+]1cccc(SCC2=C(C(=O)O)N3C(=O)[C@@H](NC(=O)C(=NOC(C)(C)C(=O)O)c4csc(N)n4)[C@H]3SC2)c1. The number of carbonyl (C=O) groups excluding carboxylic acids is 2. The first-order valence-corrected chi connectivity index (χ1v) is 14.3. The van der Waals surface area contributed by atoms with E-state index in [1.165, 1.54) is 47.7 Å². The van der Waals surface area contributed by atoms with Gasteiger partial charge in [-0.25, -0.2) is 19.1 Å². The Morgan fingerprint density at radius 1 is 1.38 bits per heavy atom. The summed E-state index contributed by atoms with van der Waals surface area (Å²) in [5.41, 5.74) is 4.11. The lowest BCUT2D eigenvalue weighted by Crippen LogP contribution is -2.71. The second kappa shape index (κ2) is 11.2. The van der Waals surface area contributed by atoms with Crippen molar-refractivity contribution in [1.82, 2.24) is 15.2 Å². The Bertz CT molecular complexity index is 1410. The zero-order chi connectivity index (χ0) is 28.5. The molecule has 5 N–H and O–H groups in total. The molecule has 2 aromatic heterocycles. The number of thiazole rings is 1. The summed E-state index contributed by atoms with van der Waals surface area (Å²) in [6, 6.07) is 2.77. The van der Waals surface area contributed by atoms with Crippen molar-refractivity contribution in [3.05, 3.63) is 46.9 Å². The van der Waals surface area contributed by atoms with E-state index in [0.717, 1.165) is 16.2 Å². The van der Waals surface area contributed by atoms with Gasteiger partial charge >= 0.3 is 11.9 Å². The molecule has 2 aromatic rings. The molecule has 0 aromatic carbocycles. The van der Waals surface area contributed by atoms with E-state index < -0.39 is 40.8 Å². The fourth-order valence-electron chi connectivity index (χ4n) is 3.62. The number of nitrogens with zero attached hydrogens (tertiary/aromatic N) is 4. The van der Waals surface area contributed by atoms with Gasteiger partial charge in [0.2, 0.25) is 5.60 Å². The van der Waals surface area contributed by atoms with Crippen molar-refractivity contribution in [3.63, 3.8) is 0 Å². The molecule has 2 aliphatic rings. The predicted octanol–water partition coefficient (Wildman–Crippen LogP) is 0.665. The Hall–Kier alpha value is -3.63. The first-order valence-electron chi connectivity index (χ1n) is 11.4. The molecular formula is C23H25N6O7S3+. The van der Waals surface area contributed by atoms with Crippen LogP contribution in [0.1, 0.15) is 19.5 Å². The predicted molar refractivity (Wildman–Crippen MR) is 144 cm³/mol. The average Bonchev–Trinajstić information content (AvgIpc) is 3.30. The molecule has 39 heavy (non-hydrogen) atoms. The van der Waals surface area contributed by atoms with E-state index in [1.54, 1.807) is 0 Å². The molecule has 2 amide bonds. The van der Waals surface area contributed by atoms with E-state index in [0.29, 0.717) is 17.1 Å². The number of nitrogens with one attached hydrogen (secondary N) is 1. The molecular weight excluding hydrogens is 568 g/mol. The van der Waals surface area contributed by atoms with Gasteiger partial charge in [-0.1, -0.05) is 5.16 Å². The molecule has 206 valence electrons. The number of hydrogen-bond donors (Lipinski definition) is 4. The highest BCUT2D eigenvalue weighted by Gasteiger charge is 2.54. The van der Waals surface area contributed by atoms with E-state index in [1.807, 2.05) is 36.1 Å². The van der Waals surface area contributed by atoms with Gasteiger partial charge < -0.3 is 26.1 Å². The van der Waals surface area contributed by atoms with Gasteiger partial charge in [-0.15, -0.1) is 34.9 Å². The monoisotopic (exact) mass is 593 g/mol. The third-order valence-electron chi connectivity index (χ3n) is 5.72. The Labute approximate surface area is 235 Å². The average molecular weight is 594 g/mol. The number of carboxylic acids is 2. The number of fused-ring (bicyclic) bond motifs is 1. The minimum Gasteiger partial charge on any atom is -0.478 e. The fraction of sp³-hybridized carbons (Fsp3) is 0.348. The molecule has 0 aliphatic carbocycles. The summed E-state index contributed by atoms with van der Waals surface area (Å²) in [6.45, 7) is 2.51. The van der Waals surface area contributed by atoms with Gasteiger partial charge in [0, 0.05) is 23.0 Å². The number of hydrogen-bond acceptors (Lipinski definition) is 11. The maximum Gasteiger partial charge on any atom is 0.352 e. The summed E-state index contributed by atoms with van der Waals surface area (Å²) in [6.07, 6.45) is 3.81. The normalized spacial score (nSPS) is 19.3. The van der Waals surface area contributed by atoms with Crippen LogP contribution >= 0.6 is 34.9 Å². The quantitative estimate of drug-likeness (QED) is 0.0996. The highest BCUT2D eigenvalue weighted by molar-refractivity contribution is 8.01. The fourth-order valence-corrected chi connectivity index (χ4v) is 6.64. The molecule has 2 aliphatic heterocycles. The molecule has 0 radical (unpaired) electrons. The Morgan fingerprint density at radius 3 is 2.74 bits per heavy atom. The maximum atomic E-state index is 13.2. The summed E-state index contributed by atoms with van der Waals surface area (Å²) < 4.78 is 1.89. The van der Waals surface area contributed by atoms with Crippen molar-refractivity contribution in [2.24, 2.45) is 12.2 Å². The largest absolute Gasteiger partial charge is 0.478 e. The molecule has 0 bridgehead atoms. The zero-order valence-corrected chi connectivity index (χ0v) is 23.4. The van der Waals surface area contributed by atoms with Gasteiger partial charge in [0.05, 0.1) is 4.90 Å². The molecule has 16 heteroatoms. The van der Waals surface area contributed by atoms with Gasteiger partial charge in [-0.3, -0.25) is 14.5 Å².